The smallest absolute Gasteiger partial charge is 0.175 e. The summed E-state index contributed by atoms with van der Waals surface area (Å²) >= 11 is 3.88. The Balaban J connectivity index is 2.68. The van der Waals surface area contributed by atoms with Gasteiger partial charge in [-0.1, -0.05) is 24.3 Å². The summed E-state index contributed by atoms with van der Waals surface area (Å²) in [5.74, 6) is 0.610. The normalized spacial score (nSPS) is 12.3. The number of rotatable bonds is 3. The molecule has 1 aromatic rings. The average molecular weight is 250 g/mol. The summed E-state index contributed by atoms with van der Waals surface area (Å²) in [4.78, 5) is 0.200. The second-order valence-electron chi connectivity index (χ2n) is 2.70. The zero-order valence-corrected chi connectivity index (χ0v) is 9.37. The van der Waals surface area contributed by atoms with E-state index in [2.05, 4.69) is 12.6 Å². The number of hydrogen-bond acceptors (Lipinski definition) is 2. The Kier molecular flexibility index (Phi) is 4.60. The van der Waals surface area contributed by atoms with Gasteiger partial charge in [-0.3, -0.25) is 0 Å². The quantitative estimate of drug-likeness (QED) is 0.618. The summed E-state index contributed by atoms with van der Waals surface area (Å²) in [6, 6.07) is 6.20. The van der Waals surface area contributed by atoms with Gasteiger partial charge in [0.25, 0.3) is 0 Å². The van der Waals surface area contributed by atoms with E-state index in [1.165, 1.54) is 12.1 Å². The number of alkyl halides is 3. The molecule has 0 heterocycles. The van der Waals surface area contributed by atoms with Crippen molar-refractivity contribution in [2.24, 2.45) is 0 Å². The highest BCUT2D eigenvalue weighted by atomic mass is 32.2. The van der Waals surface area contributed by atoms with E-state index < -0.39 is 5.51 Å². The van der Waals surface area contributed by atoms with Crippen molar-refractivity contribution in [2.45, 2.75) is 10.4 Å². The third kappa shape index (κ3) is 5.18. The minimum Gasteiger partial charge on any atom is -0.175 e. The molecule has 0 unspecified atom stereocenters. The van der Waals surface area contributed by atoms with E-state index in [1.54, 1.807) is 12.1 Å². The number of benzene rings is 1. The van der Waals surface area contributed by atoms with Gasteiger partial charge in [0, 0.05) is 10.6 Å². The van der Waals surface area contributed by atoms with Gasteiger partial charge in [-0.25, -0.2) is 0 Å². The van der Waals surface area contributed by atoms with E-state index in [1.807, 2.05) is 12.2 Å². The van der Waals surface area contributed by atoms with Crippen molar-refractivity contribution < 1.29 is 13.2 Å². The first kappa shape index (κ1) is 12.5. The van der Waals surface area contributed by atoms with Crippen LogP contribution in [0, 0.1) is 0 Å². The first-order chi connectivity index (χ1) is 7.01. The first-order valence-corrected chi connectivity index (χ1v) is 5.59. The predicted molar refractivity (Wildman–Crippen MR) is 61.2 cm³/mol. The maximum absolute atomic E-state index is 12.0. The van der Waals surface area contributed by atoms with Crippen molar-refractivity contribution in [2.75, 3.05) is 5.75 Å². The van der Waals surface area contributed by atoms with Crippen LogP contribution in [0.1, 0.15) is 5.56 Å². The van der Waals surface area contributed by atoms with Crippen LogP contribution in [0.25, 0.3) is 6.08 Å². The highest BCUT2D eigenvalue weighted by Crippen LogP contribution is 2.36. The predicted octanol–water partition coefficient (Wildman–Crippen LogP) is 4.24. The van der Waals surface area contributed by atoms with Gasteiger partial charge in [0.2, 0.25) is 0 Å². The molecule has 0 aliphatic heterocycles. The molecule has 0 aliphatic carbocycles. The topological polar surface area (TPSA) is 0 Å². The van der Waals surface area contributed by atoms with Crippen molar-refractivity contribution in [3.8, 4) is 0 Å². The lowest BCUT2D eigenvalue weighted by atomic mass is 10.2. The van der Waals surface area contributed by atoms with E-state index in [9.17, 15) is 13.2 Å². The lowest BCUT2D eigenvalue weighted by molar-refractivity contribution is -0.0328. The number of hydrogen-bond donors (Lipinski definition) is 1. The molecule has 1 aromatic carbocycles. The summed E-state index contributed by atoms with van der Waals surface area (Å²) in [5.41, 5.74) is -3.35. The van der Waals surface area contributed by atoms with E-state index in [0.717, 1.165) is 5.56 Å². The van der Waals surface area contributed by atoms with Gasteiger partial charge >= 0.3 is 5.51 Å². The molecule has 0 saturated heterocycles. The number of halogens is 3. The van der Waals surface area contributed by atoms with Crippen LogP contribution in [0.4, 0.5) is 13.2 Å². The Morgan fingerprint density at radius 2 is 1.80 bits per heavy atom. The standard InChI is InChI=1S/C10H9F3S2/c11-10(12,13)15-9-5-3-8(4-6-9)2-1-7-14/h1-6,14H,7H2. The minimum atomic E-state index is -4.22. The van der Waals surface area contributed by atoms with Crippen LogP contribution in [0.5, 0.6) is 0 Å². The van der Waals surface area contributed by atoms with E-state index in [-0.39, 0.29) is 16.7 Å². The van der Waals surface area contributed by atoms with Gasteiger partial charge < -0.3 is 0 Å². The molecule has 15 heavy (non-hydrogen) atoms. The van der Waals surface area contributed by atoms with Crippen molar-refractivity contribution in [1.82, 2.24) is 0 Å². The van der Waals surface area contributed by atoms with Gasteiger partial charge in [0.1, 0.15) is 0 Å². The lowest BCUT2D eigenvalue weighted by Crippen LogP contribution is -1.98. The third-order valence-electron chi connectivity index (χ3n) is 1.53. The van der Waals surface area contributed by atoms with Crippen molar-refractivity contribution in [3.05, 3.63) is 35.9 Å². The van der Waals surface area contributed by atoms with Crippen molar-refractivity contribution in [3.63, 3.8) is 0 Å². The molecule has 0 atom stereocenters. The van der Waals surface area contributed by atoms with Gasteiger partial charge in [0.05, 0.1) is 0 Å². The molecular formula is C10H9F3S2. The molecule has 82 valence electrons. The molecule has 0 spiro atoms. The number of thioether (sulfide) groups is 1. The molecule has 0 bridgehead atoms. The fourth-order valence-electron chi connectivity index (χ4n) is 0.969. The minimum absolute atomic E-state index is 0.106. The molecule has 0 fully saturated rings. The van der Waals surface area contributed by atoms with Crippen LogP contribution in [0.3, 0.4) is 0 Å². The summed E-state index contributed by atoms with van der Waals surface area (Å²) in [6.07, 6.45) is 3.64. The first-order valence-electron chi connectivity index (χ1n) is 4.14. The molecule has 0 N–H and O–H groups in total. The Labute approximate surface area is 96.0 Å². The third-order valence-corrected chi connectivity index (χ3v) is 2.48. The molecule has 0 nitrogen and oxygen atoms in total. The number of thiol groups is 1. The van der Waals surface area contributed by atoms with Gasteiger partial charge in [-0.05, 0) is 29.5 Å². The van der Waals surface area contributed by atoms with Crippen molar-refractivity contribution in [1.29, 1.82) is 0 Å². The fourth-order valence-corrected chi connectivity index (χ4v) is 1.61. The van der Waals surface area contributed by atoms with Crippen LogP contribution >= 0.6 is 24.4 Å². The molecule has 5 heteroatoms. The Morgan fingerprint density at radius 1 is 1.20 bits per heavy atom. The molecule has 0 amide bonds. The Hall–Kier alpha value is -0.550. The second-order valence-corrected chi connectivity index (χ2v) is 4.21. The maximum atomic E-state index is 12.0. The van der Waals surface area contributed by atoms with E-state index in [4.69, 9.17) is 0 Å². The highest BCUT2D eigenvalue weighted by molar-refractivity contribution is 8.00. The summed E-state index contributed by atoms with van der Waals surface area (Å²) in [6.45, 7) is 0. The highest BCUT2D eigenvalue weighted by Gasteiger charge is 2.28. The van der Waals surface area contributed by atoms with Gasteiger partial charge in [0.15, 0.2) is 0 Å². The summed E-state index contributed by atoms with van der Waals surface area (Å²) in [5, 5.41) is 0. The Bertz CT molecular complexity index is 328. The lowest BCUT2D eigenvalue weighted by Gasteiger charge is -2.05. The molecular weight excluding hydrogens is 241 g/mol. The molecule has 0 radical (unpaired) electrons. The maximum Gasteiger partial charge on any atom is 0.446 e. The van der Waals surface area contributed by atoms with Gasteiger partial charge in [-0.2, -0.15) is 25.8 Å². The van der Waals surface area contributed by atoms with Crippen LogP contribution < -0.4 is 0 Å². The second kappa shape index (κ2) is 5.51. The zero-order valence-electron chi connectivity index (χ0n) is 7.66. The Morgan fingerprint density at radius 3 is 2.27 bits per heavy atom. The molecule has 0 aliphatic rings. The molecule has 0 saturated carbocycles. The fraction of sp³-hybridized carbons (Fsp3) is 0.200. The van der Waals surface area contributed by atoms with Crippen LogP contribution in [0.2, 0.25) is 0 Å². The van der Waals surface area contributed by atoms with Crippen molar-refractivity contribution >= 4 is 30.5 Å². The van der Waals surface area contributed by atoms with Crippen LogP contribution in [-0.4, -0.2) is 11.3 Å². The average Bonchev–Trinajstić information content (AvgIpc) is 2.14. The molecule has 1 rings (SSSR count). The van der Waals surface area contributed by atoms with Gasteiger partial charge in [-0.15, -0.1) is 0 Å². The monoisotopic (exact) mass is 250 g/mol. The SMILES string of the molecule is FC(F)(F)Sc1ccc(C=CCS)cc1. The summed E-state index contributed by atoms with van der Waals surface area (Å²) < 4.78 is 36.0. The van der Waals surface area contributed by atoms with Crippen LogP contribution in [-0.2, 0) is 0 Å². The largest absolute Gasteiger partial charge is 0.446 e. The molecule has 0 aromatic heterocycles. The van der Waals surface area contributed by atoms with Crippen LogP contribution in [0.15, 0.2) is 35.2 Å². The summed E-state index contributed by atoms with van der Waals surface area (Å²) in [7, 11) is 0. The zero-order chi connectivity index (χ0) is 11.3. The van der Waals surface area contributed by atoms with E-state index in [0.29, 0.717) is 5.75 Å². The van der Waals surface area contributed by atoms with E-state index >= 15 is 0 Å².